The summed E-state index contributed by atoms with van der Waals surface area (Å²) in [5.41, 5.74) is 0. The molecule has 122 valence electrons. The Kier molecular flexibility index (Phi) is 5.57. The van der Waals surface area contributed by atoms with E-state index in [-0.39, 0.29) is 10.3 Å². The van der Waals surface area contributed by atoms with Gasteiger partial charge < -0.3 is 9.73 Å². The van der Waals surface area contributed by atoms with Gasteiger partial charge in [0.25, 0.3) is 0 Å². The highest BCUT2D eigenvalue weighted by molar-refractivity contribution is 7.91. The van der Waals surface area contributed by atoms with Gasteiger partial charge in [-0.15, -0.1) is 0 Å². The summed E-state index contributed by atoms with van der Waals surface area (Å²) < 4.78 is 28.1. The van der Waals surface area contributed by atoms with Crippen molar-refractivity contribution in [3.8, 4) is 0 Å². The number of thiazole rings is 1. The molecule has 0 amide bonds. The molecule has 2 heterocycles. The molecule has 0 saturated heterocycles. The Morgan fingerprint density at radius 1 is 1.45 bits per heavy atom. The molecule has 1 atom stereocenters. The minimum absolute atomic E-state index is 0.0480. The molecule has 3 N–H and O–H groups in total. The van der Waals surface area contributed by atoms with Gasteiger partial charge in [-0.05, 0) is 25.2 Å². The predicted octanol–water partition coefficient (Wildman–Crippen LogP) is 1.88. The van der Waals surface area contributed by atoms with E-state index in [1.165, 1.54) is 6.20 Å². The van der Waals surface area contributed by atoms with E-state index in [4.69, 9.17) is 9.56 Å². The van der Waals surface area contributed by atoms with Crippen LogP contribution in [0.15, 0.2) is 33.2 Å². The molecule has 2 aromatic heterocycles. The van der Waals surface area contributed by atoms with Crippen molar-refractivity contribution < 1.29 is 12.8 Å². The van der Waals surface area contributed by atoms with E-state index in [2.05, 4.69) is 29.0 Å². The molecule has 1 unspecified atom stereocenters. The Morgan fingerprint density at radius 2 is 2.18 bits per heavy atom. The number of aromatic nitrogens is 1. The number of rotatable bonds is 8. The maximum Gasteiger partial charge on any atom is 0.249 e. The lowest BCUT2D eigenvalue weighted by Gasteiger charge is -2.28. The third kappa shape index (κ3) is 4.07. The first kappa shape index (κ1) is 16.9. The van der Waals surface area contributed by atoms with Crippen molar-refractivity contribution >= 4 is 26.5 Å². The second kappa shape index (κ2) is 7.23. The van der Waals surface area contributed by atoms with Crippen molar-refractivity contribution in [2.45, 2.75) is 24.1 Å². The van der Waals surface area contributed by atoms with Gasteiger partial charge in [-0.3, -0.25) is 4.90 Å². The molecular formula is C13H20N4O3S2. The third-order valence-corrected chi connectivity index (χ3v) is 5.70. The van der Waals surface area contributed by atoms with Crippen LogP contribution in [-0.2, 0) is 10.0 Å². The van der Waals surface area contributed by atoms with E-state index in [1.807, 2.05) is 12.1 Å². The van der Waals surface area contributed by atoms with E-state index in [0.717, 1.165) is 30.2 Å². The maximum atomic E-state index is 11.3. The van der Waals surface area contributed by atoms with Crippen LogP contribution in [0.4, 0.5) is 5.13 Å². The third-order valence-electron chi connectivity index (χ3n) is 3.34. The summed E-state index contributed by atoms with van der Waals surface area (Å²) in [5, 5.41) is 8.77. The maximum absolute atomic E-state index is 11.3. The normalized spacial score (nSPS) is 13.5. The molecule has 22 heavy (non-hydrogen) atoms. The second-order valence-electron chi connectivity index (χ2n) is 4.66. The molecule has 0 spiro atoms. The number of nitrogens with zero attached hydrogens (tertiary/aromatic N) is 2. The van der Waals surface area contributed by atoms with Crippen LogP contribution >= 0.6 is 11.3 Å². The van der Waals surface area contributed by atoms with Gasteiger partial charge in [-0.2, -0.15) is 0 Å². The number of hydrogen-bond acceptors (Lipinski definition) is 7. The number of nitrogens with one attached hydrogen (secondary N) is 1. The fraction of sp³-hybridized carbons (Fsp3) is 0.462. The lowest BCUT2D eigenvalue weighted by Crippen LogP contribution is -2.32. The topological polar surface area (TPSA) is 101 Å². The van der Waals surface area contributed by atoms with E-state index >= 15 is 0 Å². The fourth-order valence-corrected chi connectivity index (χ4v) is 3.67. The molecule has 0 aromatic carbocycles. The molecule has 2 rings (SSSR count). The number of anilines is 1. The molecule has 0 fully saturated rings. The Morgan fingerprint density at radius 3 is 2.68 bits per heavy atom. The summed E-state index contributed by atoms with van der Waals surface area (Å²) in [4.78, 5) is 6.30. The lowest BCUT2D eigenvalue weighted by atomic mass is 10.2. The number of furan rings is 1. The minimum atomic E-state index is -3.70. The fourth-order valence-electron chi connectivity index (χ4n) is 2.21. The van der Waals surface area contributed by atoms with Crippen molar-refractivity contribution in [3.05, 3.63) is 30.4 Å². The summed E-state index contributed by atoms with van der Waals surface area (Å²) in [5.74, 6) is 0.861. The van der Waals surface area contributed by atoms with Crippen LogP contribution in [0.2, 0.25) is 0 Å². The van der Waals surface area contributed by atoms with E-state index in [9.17, 15) is 8.42 Å². The van der Waals surface area contributed by atoms with Crippen molar-refractivity contribution in [2.24, 2.45) is 5.14 Å². The number of hydrogen-bond donors (Lipinski definition) is 2. The monoisotopic (exact) mass is 344 g/mol. The molecule has 0 aliphatic heterocycles. The zero-order chi connectivity index (χ0) is 16.2. The Labute approximate surface area is 134 Å². The molecular weight excluding hydrogens is 324 g/mol. The van der Waals surface area contributed by atoms with Gasteiger partial charge in [0.05, 0.1) is 18.5 Å². The quantitative estimate of drug-likeness (QED) is 0.758. The minimum Gasteiger partial charge on any atom is -0.468 e. The summed E-state index contributed by atoms with van der Waals surface area (Å²) in [6.07, 6.45) is 2.91. The van der Waals surface area contributed by atoms with Crippen LogP contribution in [0, 0.1) is 0 Å². The molecule has 0 aliphatic rings. The summed E-state index contributed by atoms with van der Waals surface area (Å²) >= 11 is 1.02. The SMILES string of the molecule is CCN(CC)C(CNc1ncc(S(N)(=O)=O)s1)c1ccco1. The summed E-state index contributed by atoms with van der Waals surface area (Å²) in [7, 11) is -3.70. The zero-order valence-electron chi connectivity index (χ0n) is 12.5. The summed E-state index contributed by atoms with van der Waals surface area (Å²) in [6, 6.07) is 3.84. The van der Waals surface area contributed by atoms with Gasteiger partial charge in [0.1, 0.15) is 5.76 Å². The number of likely N-dealkylation sites (N-methyl/N-ethyl adjacent to an activating group) is 1. The molecule has 0 saturated carbocycles. The first-order valence-corrected chi connectivity index (χ1v) is 9.32. The Bertz CT molecular complexity index is 678. The van der Waals surface area contributed by atoms with Crippen LogP contribution in [0.3, 0.4) is 0 Å². The van der Waals surface area contributed by atoms with Gasteiger partial charge in [0.2, 0.25) is 10.0 Å². The van der Waals surface area contributed by atoms with E-state index in [1.54, 1.807) is 6.26 Å². The van der Waals surface area contributed by atoms with Crippen LogP contribution in [0.25, 0.3) is 0 Å². The first-order valence-electron chi connectivity index (χ1n) is 6.95. The second-order valence-corrected chi connectivity index (χ2v) is 7.48. The molecule has 2 aromatic rings. The molecule has 7 nitrogen and oxygen atoms in total. The standard InChI is InChI=1S/C13H20N4O3S2/c1-3-17(4-2)10(11-6-5-7-20-11)8-15-13-16-9-12(21-13)22(14,18)19/h5-7,9-10H,3-4,8H2,1-2H3,(H,15,16)(H2,14,18,19). The number of sulfonamides is 1. The first-order chi connectivity index (χ1) is 10.5. The molecule has 9 heteroatoms. The van der Waals surface area contributed by atoms with E-state index < -0.39 is 10.0 Å². The molecule has 0 aliphatic carbocycles. The summed E-state index contributed by atoms with van der Waals surface area (Å²) in [6.45, 7) is 6.49. The van der Waals surface area contributed by atoms with Crippen molar-refractivity contribution in [1.29, 1.82) is 0 Å². The zero-order valence-corrected chi connectivity index (χ0v) is 14.2. The molecule has 0 radical (unpaired) electrons. The van der Waals surface area contributed by atoms with Gasteiger partial charge in [-0.25, -0.2) is 18.5 Å². The van der Waals surface area contributed by atoms with Crippen LogP contribution in [0.1, 0.15) is 25.6 Å². The highest BCUT2D eigenvalue weighted by Gasteiger charge is 2.21. The smallest absolute Gasteiger partial charge is 0.249 e. The van der Waals surface area contributed by atoms with E-state index in [0.29, 0.717) is 11.7 Å². The number of primary sulfonamides is 1. The Balaban J connectivity index is 2.10. The predicted molar refractivity (Wildman–Crippen MR) is 86.3 cm³/mol. The average molecular weight is 344 g/mol. The van der Waals surface area contributed by atoms with Crippen LogP contribution < -0.4 is 10.5 Å². The largest absolute Gasteiger partial charge is 0.468 e. The van der Waals surface area contributed by atoms with Gasteiger partial charge in [-0.1, -0.05) is 25.2 Å². The highest BCUT2D eigenvalue weighted by atomic mass is 32.2. The number of nitrogens with two attached hydrogens (primary N) is 1. The van der Waals surface area contributed by atoms with Gasteiger partial charge in [0, 0.05) is 6.54 Å². The molecule has 0 bridgehead atoms. The Hall–Kier alpha value is -1.42. The van der Waals surface area contributed by atoms with Gasteiger partial charge >= 0.3 is 0 Å². The lowest BCUT2D eigenvalue weighted by molar-refractivity contribution is 0.202. The van der Waals surface area contributed by atoms with Crippen LogP contribution in [0.5, 0.6) is 0 Å². The van der Waals surface area contributed by atoms with Crippen molar-refractivity contribution in [2.75, 3.05) is 25.0 Å². The van der Waals surface area contributed by atoms with Crippen LogP contribution in [-0.4, -0.2) is 37.9 Å². The van der Waals surface area contributed by atoms with Crippen molar-refractivity contribution in [3.63, 3.8) is 0 Å². The highest BCUT2D eigenvalue weighted by Crippen LogP contribution is 2.25. The van der Waals surface area contributed by atoms with Crippen molar-refractivity contribution in [1.82, 2.24) is 9.88 Å². The average Bonchev–Trinajstić information content (AvgIpc) is 3.13. The van der Waals surface area contributed by atoms with Gasteiger partial charge in [0.15, 0.2) is 9.34 Å².